The van der Waals surface area contributed by atoms with Gasteiger partial charge in [0.05, 0.1) is 12.1 Å². The number of benzene rings is 3. The van der Waals surface area contributed by atoms with Gasteiger partial charge in [0.1, 0.15) is 47.8 Å². The molecule has 0 saturated carbocycles. The van der Waals surface area contributed by atoms with E-state index in [9.17, 15) is 54.0 Å². The van der Waals surface area contributed by atoms with E-state index in [0.717, 1.165) is 10.9 Å². The van der Waals surface area contributed by atoms with Gasteiger partial charge in [0, 0.05) is 47.9 Å². The van der Waals surface area contributed by atoms with Crippen LogP contribution in [0.4, 0.5) is 0 Å². The van der Waals surface area contributed by atoms with Crippen LogP contribution < -0.4 is 43.4 Å². The monoisotopic (exact) mass is 965 g/mol. The van der Waals surface area contributed by atoms with Gasteiger partial charge in [-0.25, -0.2) is 4.79 Å². The van der Waals surface area contributed by atoms with Crippen LogP contribution in [0.2, 0.25) is 0 Å². The highest BCUT2D eigenvalue weighted by atomic mass is 32.1. The molecule has 20 nitrogen and oxygen atoms in total. The topological polar surface area (TPSA) is 340 Å². The predicted molar refractivity (Wildman–Crippen MR) is 255 cm³/mol. The Labute approximate surface area is 397 Å². The van der Waals surface area contributed by atoms with Gasteiger partial charge in [0.25, 0.3) is 0 Å². The van der Waals surface area contributed by atoms with E-state index in [0.29, 0.717) is 29.5 Å². The van der Waals surface area contributed by atoms with Crippen LogP contribution in [0.1, 0.15) is 42.9 Å². The van der Waals surface area contributed by atoms with Crippen LogP contribution >= 0.6 is 25.3 Å². The number of phenolic OH excluding ortho intramolecular Hbond substituents is 2. The Kier molecular flexibility index (Phi) is 20.8. The number of carbonyl (C=O) groups excluding carboxylic acids is 6. The number of aliphatic hydroxyl groups excluding tert-OH is 1. The third-order valence-electron chi connectivity index (χ3n) is 10.7. The summed E-state index contributed by atoms with van der Waals surface area (Å²) in [5.41, 5.74) is 14.1. The minimum Gasteiger partial charge on any atom is -0.508 e. The average Bonchev–Trinajstić information content (AvgIpc) is 3.71. The van der Waals surface area contributed by atoms with Crippen molar-refractivity contribution >= 4 is 77.6 Å². The maximum absolute atomic E-state index is 14.4. The molecule has 0 aliphatic heterocycles. The molecular formula is C45H59N9O11S2. The summed E-state index contributed by atoms with van der Waals surface area (Å²) in [5.74, 6) is -6.92. The molecule has 0 radical (unpaired) electrons. The number of carbonyl (C=O) groups is 7. The van der Waals surface area contributed by atoms with E-state index in [1.54, 1.807) is 24.4 Å². The Morgan fingerprint density at radius 2 is 1.10 bits per heavy atom. The summed E-state index contributed by atoms with van der Waals surface area (Å²) in [7, 11) is 0. The maximum atomic E-state index is 14.4. The van der Waals surface area contributed by atoms with Gasteiger partial charge in [-0.05, 0) is 79.8 Å². The highest BCUT2D eigenvalue weighted by molar-refractivity contribution is 7.80. The summed E-state index contributed by atoms with van der Waals surface area (Å²) in [6.45, 7) is 1.46. The van der Waals surface area contributed by atoms with Crippen molar-refractivity contribution in [2.75, 3.05) is 18.1 Å². The second kappa shape index (κ2) is 26.1. The van der Waals surface area contributed by atoms with Gasteiger partial charge in [-0.15, -0.1) is 0 Å². The molecule has 362 valence electrons. The summed E-state index contributed by atoms with van der Waals surface area (Å²) in [4.78, 5) is 97.8. The molecule has 1 heterocycles. The van der Waals surface area contributed by atoms with E-state index in [2.05, 4.69) is 62.1 Å². The van der Waals surface area contributed by atoms with Crippen molar-refractivity contribution in [3.63, 3.8) is 0 Å². The smallest absolute Gasteiger partial charge is 0.326 e. The fraction of sp³-hybridized carbons (Fsp3) is 0.400. The molecule has 1 aromatic heterocycles. The van der Waals surface area contributed by atoms with Crippen LogP contribution in [0.15, 0.2) is 79.0 Å². The lowest BCUT2D eigenvalue weighted by Crippen LogP contribution is -2.62. The van der Waals surface area contributed by atoms with Crippen LogP contribution in [-0.4, -0.2) is 133 Å². The molecule has 0 saturated heterocycles. The number of H-pyrrole nitrogens is 1. The third-order valence-corrected chi connectivity index (χ3v) is 11.5. The Morgan fingerprint density at radius 1 is 0.612 bits per heavy atom. The first-order valence-corrected chi connectivity index (χ1v) is 22.7. The molecule has 0 bridgehead atoms. The van der Waals surface area contributed by atoms with E-state index >= 15 is 0 Å². The van der Waals surface area contributed by atoms with E-state index in [1.165, 1.54) is 43.3 Å². The second-order valence-electron chi connectivity index (χ2n) is 15.9. The number of aromatic nitrogens is 1. The van der Waals surface area contributed by atoms with Crippen LogP contribution in [0, 0.1) is 0 Å². The third kappa shape index (κ3) is 16.2. The number of aromatic amines is 1. The Morgan fingerprint density at radius 3 is 1.66 bits per heavy atom. The molecule has 6 amide bonds. The number of hydrogen-bond donors (Lipinski definition) is 15. The molecule has 15 N–H and O–H groups in total. The fourth-order valence-corrected chi connectivity index (χ4v) is 7.35. The number of unbranched alkanes of at least 4 members (excludes halogenated alkanes) is 1. The minimum atomic E-state index is -1.70. The zero-order chi connectivity index (χ0) is 49.2. The van der Waals surface area contributed by atoms with Crippen LogP contribution in [0.25, 0.3) is 10.9 Å². The number of carboxylic acid groups (broad SMARTS) is 1. The zero-order valence-electron chi connectivity index (χ0n) is 36.7. The number of aliphatic carboxylic acids is 1. The van der Waals surface area contributed by atoms with Crippen LogP contribution in [0.3, 0.4) is 0 Å². The van der Waals surface area contributed by atoms with E-state index in [1.807, 2.05) is 18.2 Å². The number of amides is 6. The molecule has 0 unspecified atom stereocenters. The number of fused-ring (bicyclic) bond motifs is 1. The molecule has 0 spiro atoms. The number of aliphatic hydroxyl groups is 1. The molecule has 3 aromatic carbocycles. The highest BCUT2D eigenvalue weighted by Gasteiger charge is 2.35. The molecule has 8 atom stereocenters. The summed E-state index contributed by atoms with van der Waals surface area (Å²) < 4.78 is 0. The highest BCUT2D eigenvalue weighted by Crippen LogP contribution is 2.20. The number of nitrogens with one attached hydrogen (secondary N) is 7. The van der Waals surface area contributed by atoms with E-state index in [-0.39, 0.29) is 55.2 Å². The van der Waals surface area contributed by atoms with Gasteiger partial charge in [-0.1, -0.05) is 42.5 Å². The van der Waals surface area contributed by atoms with E-state index in [4.69, 9.17) is 11.5 Å². The van der Waals surface area contributed by atoms with Gasteiger partial charge < -0.3 is 68.8 Å². The van der Waals surface area contributed by atoms with Crippen molar-refractivity contribution < 1.29 is 54.0 Å². The SMILES string of the molecule is C[C@@H](O)[C@H](NC(=O)[C@H](CCCCN)NC(=O)[C@@H](Cc1c[nH]c2ccccc12)NC(=O)[C@H](Cc1ccc(O)cc1)NC(=O)[C@@H](N)CS)C(=O)N[C@@H](CS)C(=O)N[C@H](Cc1ccc(O)cc1)C(=O)O. The quantitative estimate of drug-likeness (QED) is 0.0274. The Bertz CT molecular complexity index is 2320. The Hall–Kier alpha value is -6.33. The first kappa shape index (κ1) is 53.3. The van der Waals surface area contributed by atoms with Crippen LogP contribution in [0.5, 0.6) is 11.5 Å². The average molecular weight is 966 g/mol. The van der Waals surface area contributed by atoms with E-state index < -0.39 is 89.8 Å². The summed E-state index contributed by atoms with van der Waals surface area (Å²) in [6, 6.07) is 9.24. The molecule has 22 heteroatoms. The fourth-order valence-electron chi connectivity index (χ4n) is 6.93. The second-order valence-corrected chi connectivity index (χ2v) is 16.7. The minimum absolute atomic E-state index is 0.00287. The summed E-state index contributed by atoms with van der Waals surface area (Å²) >= 11 is 8.25. The molecule has 4 rings (SSSR count). The van der Waals surface area contributed by atoms with Crippen molar-refractivity contribution in [3.8, 4) is 11.5 Å². The number of carboxylic acids is 1. The number of aromatic hydroxyl groups is 2. The van der Waals surface area contributed by atoms with Crippen molar-refractivity contribution in [1.29, 1.82) is 0 Å². The lowest BCUT2D eigenvalue weighted by atomic mass is 10.0. The zero-order valence-corrected chi connectivity index (χ0v) is 38.5. The van der Waals surface area contributed by atoms with Crippen molar-refractivity contribution in [2.24, 2.45) is 11.5 Å². The number of para-hydroxylation sites is 1. The molecule has 67 heavy (non-hydrogen) atoms. The largest absolute Gasteiger partial charge is 0.508 e. The van der Waals surface area contributed by atoms with Gasteiger partial charge >= 0.3 is 5.97 Å². The molecule has 0 fully saturated rings. The number of hydrogen-bond acceptors (Lipinski definition) is 14. The molecular weight excluding hydrogens is 907 g/mol. The Balaban J connectivity index is 1.57. The summed E-state index contributed by atoms with van der Waals surface area (Å²) in [6.07, 6.45) is 0.544. The molecule has 0 aliphatic rings. The van der Waals surface area contributed by atoms with Crippen LogP contribution in [-0.2, 0) is 52.8 Å². The predicted octanol–water partition coefficient (Wildman–Crippen LogP) is -0.703. The summed E-state index contributed by atoms with van der Waals surface area (Å²) in [5, 5.41) is 56.0. The van der Waals surface area contributed by atoms with Gasteiger partial charge in [-0.2, -0.15) is 25.3 Å². The van der Waals surface area contributed by atoms with Gasteiger partial charge in [0.2, 0.25) is 35.4 Å². The van der Waals surface area contributed by atoms with Crippen molar-refractivity contribution in [3.05, 3.63) is 95.7 Å². The molecule has 4 aromatic rings. The lowest BCUT2D eigenvalue weighted by Gasteiger charge is -2.28. The van der Waals surface area contributed by atoms with Crippen molar-refractivity contribution in [2.45, 2.75) is 93.8 Å². The van der Waals surface area contributed by atoms with Gasteiger partial charge in [0.15, 0.2) is 0 Å². The number of thiol groups is 2. The molecule has 0 aliphatic carbocycles. The van der Waals surface area contributed by atoms with Crippen molar-refractivity contribution in [1.82, 2.24) is 36.9 Å². The first-order valence-electron chi connectivity index (χ1n) is 21.5. The van der Waals surface area contributed by atoms with Gasteiger partial charge in [-0.3, -0.25) is 28.8 Å². The normalized spacial score (nSPS) is 14.8. The number of nitrogens with two attached hydrogens (primary N) is 2. The first-order chi connectivity index (χ1) is 31.9. The lowest BCUT2D eigenvalue weighted by molar-refractivity contribution is -0.142. The standard InChI is InChI=1S/C45H59N9O11S2/c1-24(55)38(44(63)53-37(23-67)43(62)52-36(45(64)65)19-26-11-15-29(57)16-12-26)54-40(59)33(8-4-5-17-46)49-42(61)35(20-27-21-48-32-7-3-2-6-30(27)32)51-41(60)34(50-39(58)31(47)22-66)18-25-9-13-28(56)14-10-25/h2-3,6-7,9-16,21,24,31,33-38,48,55-57,66-67H,4-5,8,17-20,22-23,46-47H2,1H3,(H,49,61)(H,50,58)(H,51,60)(H,52,62)(H,53,63)(H,54,59)(H,64,65)/t24-,31+,33+,34+,35-,36-,37+,38+/m1/s1. The number of rotatable bonds is 26. The number of phenols is 2. The maximum Gasteiger partial charge on any atom is 0.326 e.